The third kappa shape index (κ3) is 3.90. The number of amides is 1. The summed E-state index contributed by atoms with van der Waals surface area (Å²) < 4.78 is 11.0. The Morgan fingerprint density at radius 1 is 1.27 bits per heavy atom. The maximum atomic E-state index is 12.1. The van der Waals surface area contributed by atoms with Crippen LogP contribution < -0.4 is 14.4 Å². The lowest BCUT2D eigenvalue weighted by molar-refractivity contribution is -0.389. The monoisotopic (exact) mass is 357 g/mol. The van der Waals surface area contributed by atoms with Gasteiger partial charge in [-0.05, 0) is 46.5 Å². The Hall–Kier alpha value is -3.16. The van der Waals surface area contributed by atoms with E-state index in [0.717, 1.165) is 12.2 Å². The molecule has 0 radical (unpaired) electrons. The number of ether oxygens (including phenoxy) is 2. The molecule has 1 aromatic heterocycles. The van der Waals surface area contributed by atoms with E-state index in [0.29, 0.717) is 25.3 Å². The number of aryl methyl sites for hydroxylation is 1. The van der Waals surface area contributed by atoms with E-state index in [1.807, 2.05) is 24.3 Å². The molecule has 0 bridgehead atoms. The first-order chi connectivity index (χ1) is 12.6. The standard InChI is InChI=1S/C18H19N3O5/c1-2-13-4-6-14(7-5-13)25-11-3-10-20-17(22)12-26-15-8-9-16(21(23)24)19-18(15)20/h4-9H,2-3,10-12H2,1H3. The fraction of sp³-hybridized carbons (Fsp3) is 0.333. The van der Waals surface area contributed by atoms with Gasteiger partial charge < -0.3 is 19.6 Å². The van der Waals surface area contributed by atoms with Crippen LogP contribution in [0.1, 0.15) is 18.9 Å². The molecule has 0 saturated heterocycles. The topological polar surface area (TPSA) is 94.8 Å². The zero-order chi connectivity index (χ0) is 18.5. The fourth-order valence-electron chi connectivity index (χ4n) is 2.63. The SMILES string of the molecule is CCc1ccc(OCCCN2C(=O)COc3ccc([N+](=O)[O-])nc32)cc1. The predicted octanol–water partition coefficient (Wildman–Crippen LogP) is 2.75. The van der Waals surface area contributed by atoms with Crippen LogP contribution in [0.25, 0.3) is 0 Å². The molecule has 2 aromatic rings. The summed E-state index contributed by atoms with van der Waals surface area (Å²) in [6, 6.07) is 10.6. The minimum atomic E-state index is -0.597. The molecule has 1 aromatic carbocycles. The number of carbonyl (C=O) groups excluding carboxylic acids is 1. The van der Waals surface area contributed by atoms with Gasteiger partial charge in [-0.3, -0.25) is 9.69 Å². The van der Waals surface area contributed by atoms with Crippen LogP contribution in [-0.2, 0) is 11.2 Å². The number of nitrogens with zero attached hydrogens (tertiary/aromatic N) is 3. The quantitative estimate of drug-likeness (QED) is 0.430. The summed E-state index contributed by atoms with van der Waals surface area (Å²) in [5.74, 6) is 0.718. The molecule has 0 spiro atoms. The summed E-state index contributed by atoms with van der Waals surface area (Å²) in [5, 5.41) is 10.9. The highest BCUT2D eigenvalue weighted by atomic mass is 16.6. The van der Waals surface area contributed by atoms with Crippen molar-refractivity contribution in [3.8, 4) is 11.5 Å². The second-order valence-corrected chi connectivity index (χ2v) is 5.78. The van der Waals surface area contributed by atoms with Gasteiger partial charge in [0, 0.05) is 12.6 Å². The van der Waals surface area contributed by atoms with Gasteiger partial charge in [-0.2, -0.15) is 0 Å². The number of pyridine rings is 1. The number of nitro groups is 1. The van der Waals surface area contributed by atoms with E-state index < -0.39 is 4.92 Å². The van der Waals surface area contributed by atoms with Crippen LogP contribution >= 0.6 is 0 Å². The van der Waals surface area contributed by atoms with Crippen molar-refractivity contribution in [3.05, 3.63) is 52.1 Å². The van der Waals surface area contributed by atoms with E-state index in [9.17, 15) is 14.9 Å². The first kappa shape index (κ1) is 17.7. The Kier molecular flexibility index (Phi) is 5.31. The molecule has 1 aliphatic heterocycles. The number of anilines is 1. The molecule has 136 valence electrons. The lowest BCUT2D eigenvalue weighted by atomic mass is 10.2. The van der Waals surface area contributed by atoms with Crippen molar-refractivity contribution in [2.24, 2.45) is 0 Å². The number of carbonyl (C=O) groups is 1. The molecular formula is C18H19N3O5. The zero-order valence-electron chi connectivity index (χ0n) is 14.4. The van der Waals surface area contributed by atoms with Gasteiger partial charge in [-0.15, -0.1) is 0 Å². The van der Waals surface area contributed by atoms with Crippen LogP contribution in [0, 0.1) is 10.1 Å². The lowest BCUT2D eigenvalue weighted by Crippen LogP contribution is -2.40. The van der Waals surface area contributed by atoms with Crippen molar-refractivity contribution in [2.75, 3.05) is 24.7 Å². The van der Waals surface area contributed by atoms with Crippen LogP contribution in [-0.4, -0.2) is 35.6 Å². The number of benzene rings is 1. The molecular weight excluding hydrogens is 338 g/mol. The normalized spacial score (nSPS) is 13.1. The molecule has 1 aliphatic rings. The number of hydrogen-bond acceptors (Lipinski definition) is 6. The second kappa shape index (κ2) is 7.81. The van der Waals surface area contributed by atoms with E-state index in [1.54, 1.807) is 0 Å². The van der Waals surface area contributed by atoms with Gasteiger partial charge in [-0.25, -0.2) is 0 Å². The van der Waals surface area contributed by atoms with E-state index in [2.05, 4.69) is 11.9 Å². The van der Waals surface area contributed by atoms with Gasteiger partial charge in [0.05, 0.1) is 6.61 Å². The maximum absolute atomic E-state index is 12.1. The Morgan fingerprint density at radius 2 is 2.04 bits per heavy atom. The summed E-state index contributed by atoms with van der Waals surface area (Å²) >= 11 is 0. The Morgan fingerprint density at radius 3 is 2.73 bits per heavy atom. The highest BCUT2D eigenvalue weighted by molar-refractivity contribution is 5.96. The molecule has 2 heterocycles. The van der Waals surface area contributed by atoms with Crippen LogP contribution in [0.15, 0.2) is 36.4 Å². The predicted molar refractivity (Wildman–Crippen MR) is 94.7 cm³/mol. The molecule has 0 aliphatic carbocycles. The van der Waals surface area contributed by atoms with Crippen molar-refractivity contribution in [3.63, 3.8) is 0 Å². The first-order valence-electron chi connectivity index (χ1n) is 8.39. The smallest absolute Gasteiger partial charge is 0.366 e. The fourth-order valence-corrected chi connectivity index (χ4v) is 2.63. The number of aromatic nitrogens is 1. The molecule has 1 amide bonds. The second-order valence-electron chi connectivity index (χ2n) is 5.78. The van der Waals surface area contributed by atoms with E-state index in [-0.39, 0.29) is 24.1 Å². The average Bonchev–Trinajstić information content (AvgIpc) is 2.66. The Bertz CT molecular complexity index is 807. The number of hydrogen-bond donors (Lipinski definition) is 0. The van der Waals surface area contributed by atoms with E-state index in [1.165, 1.54) is 22.6 Å². The van der Waals surface area contributed by atoms with Gasteiger partial charge in [0.25, 0.3) is 11.7 Å². The van der Waals surface area contributed by atoms with Crippen molar-refractivity contribution in [2.45, 2.75) is 19.8 Å². The molecule has 8 heteroatoms. The number of fused-ring (bicyclic) bond motifs is 1. The van der Waals surface area contributed by atoms with Crippen molar-refractivity contribution in [1.82, 2.24) is 4.98 Å². The summed E-state index contributed by atoms with van der Waals surface area (Å²) in [5.41, 5.74) is 1.24. The molecule has 8 nitrogen and oxygen atoms in total. The van der Waals surface area contributed by atoms with Crippen LogP contribution in [0.5, 0.6) is 11.5 Å². The Labute approximate surface area is 150 Å². The van der Waals surface area contributed by atoms with Crippen molar-refractivity contribution >= 4 is 17.5 Å². The molecule has 0 unspecified atom stereocenters. The lowest BCUT2D eigenvalue weighted by Gasteiger charge is -2.25. The average molecular weight is 357 g/mol. The van der Waals surface area contributed by atoms with Gasteiger partial charge in [0.1, 0.15) is 5.75 Å². The van der Waals surface area contributed by atoms with E-state index in [4.69, 9.17) is 9.47 Å². The molecule has 0 atom stereocenters. The highest BCUT2D eigenvalue weighted by Crippen LogP contribution is 2.32. The van der Waals surface area contributed by atoms with Crippen molar-refractivity contribution < 1.29 is 19.2 Å². The minimum absolute atomic E-state index is 0.105. The largest absolute Gasteiger partial charge is 0.494 e. The first-order valence-corrected chi connectivity index (χ1v) is 8.39. The Balaban J connectivity index is 1.61. The molecule has 0 N–H and O–H groups in total. The minimum Gasteiger partial charge on any atom is -0.494 e. The molecule has 3 rings (SSSR count). The third-order valence-electron chi connectivity index (χ3n) is 4.05. The molecule has 0 saturated carbocycles. The number of rotatable bonds is 7. The summed E-state index contributed by atoms with van der Waals surface area (Å²) in [6.45, 7) is 2.74. The van der Waals surface area contributed by atoms with Crippen molar-refractivity contribution in [1.29, 1.82) is 0 Å². The third-order valence-corrected chi connectivity index (χ3v) is 4.05. The molecule has 0 fully saturated rings. The summed E-state index contributed by atoms with van der Waals surface area (Å²) in [6.07, 6.45) is 1.53. The molecule has 26 heavy (non-hydrogen) atoms. The summed E-state index contributed by atoms with van der Waals surface area (Å²) in [7, 11) is 0. The summed E-state index contributed by atoms with van der Waals surface area (Å²) in [4.78, 5) is 27.8. The van der Waals surface area contributed by atoms with Gasteiger partial charge in [0.15, 0.2) is 12.4 Å². The van der Waals surface area contributed by atoms with Gasteiger partial charge in [0.2, 0.25) is 0 Å². The highest BCUT2D eigenvalue weighted by Gasteiger charge is 2.31. The van der Waals surface area contributed by atoms with Crippen LogP contribution in [0.2, 0.25) is 0 Å². The van der Waals surface area contributed by atoms with E-state index >= 15 is 0 Å². The maximum Gasteiger partial charge on any atom is 0.366 e. The van der Waals surface area contributed by atoms with Gasteiger partial charge >= 0.3 is 5.82 Å². The van der Waals surface area contributed by atoms with Crippen LogP contribution in [0.3, 0.4) is 0 Å². The van der Waals surface area contributed by atoms with Gasteiger partial charge in [-0.1, -0.05) is 19.1 Å². The van der Waals surface area contributed by atoms with Crippen LogP contribution in [0.4, 0.5) is 11.6 Å². The zero-order valence-corrected chi connectivity index (χ0v) is 14.4.